The van der Waals surface area contributed by atoms with Crippen LogP contribution in [0, 0.1) is 0 Å². The summed E-state index contributed by atoms with van der Waals surface area (Å²) in [4.78, 5) is 3.28. The Labute approximate surface area is 98.0 Å². The van der Waals surface area contributed by atoms with Crippen molar-refractivity contribution in [3.63, 3.8) is 0 Å². The fourth-order valence-electron chi connectivity index (χ4n) is 1.08. The molecule has 0 saturated carbocycles. The van der Waals surface area contributed by atoms with Gasteiger partial charge >= 0.3 is 6.18 Å². The number of hydrogen-bond donors (Lipinski definition) is 1. The van der Waals surface area contributed by atoms with Gasteiger partial charge in [0.15, 0.2) is 0 Å². The minimum atomic E-state index is -4.42. The second-order valence-corrected chi connectivity index (χ2v) is 4.24. The first-order chi connectivity index (χ1) is 7.74. The number of anilines is 1. The Kier molecular flexibility index (Phi) is 3.98. The van der Waals surface area contributed by atoms with Crippen LogP contribution in [-0.2, 0) is 10.9 Å². The molecule has 0 fully saturated rings. The number of aromatic nitrogens is 1. The van der Waals surface area contributed by atoms with Crippen molar-refractivity contribution in [2.24, 2.45) is 0 Å². The van der Waals surface area contributed by atoms with E-state index in [9.17, 15) is 13.2 Å². The van der Waals surface area contributed by atoms with Gasteiger partial charge in [-0.2, -0.15) is 13.2 Å². The standard InChI is InChI=1S/C11H15F3N2O/c1-10(2,17-3)7-16-8-4-5-15-9(6-8)11(12,13)14/h4-6H,7H2,1-3H3,(H,15,16). The summed E-state index contributed by atoms with van der Waals surface area (Å²) in [6.07, 6.45) is -3.29. The number of halogens is 3. The minimum Gasteiger partial charge on any atom is -0.382 e. The van der Waals surface area contributed by atoms with Crippen LogP contribution in [0.1, 0.15) is 19.5 Å². The highest BCUT2D eigenvalue weighted by Gasteiger charge is 2.32. The largest absolute Gasteiger partial charge is 0.433 e. The number of hydrogen-bond acceptors (Lipinski definition) is 3. The van der Waals surface area contributed by atoms with Crippen molar-refractivity contribution in [1.29, 1.82) is 0 Å². The Balaban J connectivity index is 2.74. The molecule has 0 unspecified atom stereocenters. The summed E-state index contributed by atoms with van der Waals surface area (Å²) in [5, 5.41) is 2.88. The fraction of sp³-hybridized carbons (Fsp3) is 0.545. The Morgan fingerprint density at radius 3 is 2.53 bits per heavy atom. The highest BCUT2D eigenvalue weighted by Crippen LogP contribution is 2.28. The van der Waals surface area contributed by atoms with E-state index in [0.717, 1.165) is 12.3 Å². The lowest BCUT2D eigenvalue weighted by Gasteiger charge is -2.23. The summed E-state index contributed by atoms with van der Waals surface area (Å²) >= 11 is 0. The lowest BCUT2D eigenvalue weighted by Crippen LogP contribution is -2.32. The molecule has 96 valence electrons. The van der Waals surface area contributed by atoms with Crippen LogP contribution < -0.4 is 5.32 Å². The first-order valence-electron chi connectivity index (χ1n) is 5.07. The summed E-state index contributed by atoms with van der Waals surface area (Å²) < 4.78 is 42.3. The first-order valence-corrected chi connectivity index (χ1v) is 5.07. The molecular formula is C11H15F3N2O. The van der Waals surface area contributed by atoms with Crippen molar-refractivity contribution in [1.82, 2.24) is 4.98 Å². The van der Waals surface area contributed by atoms with E-state index in [4.69, 9.17) is 4.74 Å². The third-order valence-electron chi connectivity index (χ3n) is 2.32. The number of pyridine rings is 1. The maximum atomic E-state index is 12.4. The second kappa shape index (κ2) is 4.91. The molecule has 0 bridgehead atoms. The van der Waals surface area contributed by atoms with Gasteiger partial charge in [-0.25, -0.2) is 0 Å². The van der Waals surface area contributed by atoms with Gasteiger partial charge in [0.2, 0.25) is 0 Å². The fourth-order valence-corrected chi connectivity index (χ4v) is 1.08. The lowest BCUT2D eigenvalue weighted by atomic mass is 10.1. The van der Waals surface area contributed by atoms with Crippen molar-refractivity contribution in [3.05, 3.63) is 24.0 Å². The van der Waals surface area contributed by atoms with E-state index in [-0.39, 0.29) is 0 Å². The van der Waals surface area contributed by atoms with E-state index < -0.39 is 17.5 Å². The molecule has 0 atom stereocenters. The Morgan fingerprint density at radius 2 is 2.00 bits per heavy atom. The van der Waals surface area contributed by atoms with E-state index in [1.165, 1.54) is 6.07 Å². The highest BCUT2D eigenvalue weighted by atomic mass is 19.4. The summed E-state index contributed by atoms with van der Waals surface area (Å²) in [5.41, 5.74) is -0.975. The van der Waals surface area contributed by atoms with E-state index in [1.54, 1.807) is 7.11 Å². The van der Waals surface area contributed by atoms with Gasteiger partial charge < -0.3 is 10.1 Å². The normalized spacial score (nSPS) is 12.6. The molecule has 0 spiro atoms. The number of ether oxygens (including phenoxy) is 1. The van der Waals surface area contributed by atoms with E-state index in [0.29, 0.717) is 12.2 Å². The van der Waals surface area contributed by atoms with Crippen LogP contribution in [0.15, 0.2) is 18.3 Å². The van der Waals surface area contributed by atoms with Gasteiger partial charge in [-0.15, -0.1) is 0 Å². The first kappa shape index (κ1) is 13.8. The van der Waals surface area contributed by atoms with Crippen molar-refractivity contribution >= 4 is 5.69 Å². The number of alkyl halides is 3. The molecule has 1 aromatic heterocycles. The van der Waals surface area contributed by atoms with E-state index in [1.807, 2.05) is 13.8 Å². The molecule has 0 aliphatic heterocycles. The summed E-state index contributed by atoms with van der Waals surface area (Å²) in [6.45, 7) is 4.09. The molecule has 1 rings (SSSR count). The monoisotopic (exact) mass is 248 g/mol. The van der Waals surface area contributed by atoms with Gasteiger partial charge in [0.1, 0.15) is 5.69 Å². The summed E-state index contributed by atoms with van der Waals surface area (Å²) in [6, 6.07) is 2.47. The third kappa shape index (κ3) is 4.22. The average Bonchev–Trinajstić information content (AvgIpc) is 2.26. The molecule has 0 radical (unpaired) electrons. The molecule has 0 amide bonds. The van der Waals surface area contributed by atoms with Gasteiger partial charge in [-0.3, -0.25) is 4.98 Å². The minimum absolute atomic E-state index is 0.373. The van der Waals surface area contributed by atoms with Crippen LogP contribution >= 0.6 is 0 Å². The van der Waals surface area contributed by atoms with Crippen LogP contribution in [0.4, 0.5) is 18.9 Å². The maximum Gasteiger partial charge on any atom is 0.433 e. The molecule has 1 N–H and O–H groups in total. The summed E-state index contributed by atoms with van der Waals surface area (Å²) in [7, 11) is 1.55. The Hall–Kier alpha value is -1.30. The predicted octanol–water partition coefficient (Wildman–Crippen LogP) is 2.94. The Morgan fingerprint density at radius 1 is 1.35 bits per heavy atom. The van der Waals surface area contributed by atoms with Gasteiger partial charge in [0.25, 0.3) is 0 Å². The molecule has 0 aromatic carbocycles. The molecule has 1 heterocycles. The van der Waals surface area contributed by atoms with Crippen molar-refractivity contribution in [2.45, 2.75) is 25.6 Å². The van der Waals surface area contributed by atoms with Crippen molar-refractivity contribution in [3.8, 4) is 0 Å². The smallest absolute Gasteiger partial charge is 0.382 e. The third-order valence-corrected chi connectivity index (χ3v) is 2.32. The van der Waals surface area contributed by atoms with Crippen molar-refractivity contribution in [2.75, 3.05) is 19.0 Å². The number of rotatable bonds is 4. The molecule has 0 saturated heterocycles. The van der Waals surface area contributed by atoms with E-state index >= 15 is 0 Å². The molecule has 17 heavy (non-hydrogen) atoms. The van der Waals surface area contributed by atoms with Gasteiger partial charge in [-0.05, 0) is 26.0 Å². The molecule has 0 aliphatic carbocycles. The van der Waals surface area contributed by atoms with Crippen LogP contribution in [0.3, 0.4) is 0 Å². The Bertz CT molecular complexity index is 377. The van der Waals surface area contributed by atoms with Crippen molar-refractivity contribution < 1.29 is 17.9 Å². The number of methoxy groups -OCH3 is 1. The quantitative estimate of drug-likeness (QED) is 0.889. The second-order valence-electron chi connectivity index (χ2n) is 4.24. The zero-order chi connectivity index (χ0) is 13.1. The predicted molar refractivity (Wildman–Crippen MR) is 58.8 cm³/mol. The maximum absolute atomic E-state index is 12.4. The average molecular weight is 248 g/mol. The summed E-state index contributed by atoms with van der Waals surface area (Å²) in [5.74, 6) is 0. The SMILES string of the molecule is COC(C)(C)CNc1ccnc(C(F)(F)F)c1. The van der Waals surface area contributed by atoms with Gasteiger partial charge in [0.05, 0.1) is 5.60 Å². The van der Waals surface area contributed by atoms with Crippen LogP contribution in [0.25, 0.3) is 0 Å². The zero-order valence-corrected chi connectivity index (χ0v) is 9.93. The van der Waals surface area contributed by atoms with Crippen LogP contribution in [0.2, 0.25) is 0 Å². The molecular weight excluding hydrogens is 233 g/mol. The van der Waals surface area contributed by atoms with Crippen LogP contribution in [0.5, 0.6) is 0 Å². The molecule has 1 aromatic rings. The van der Waals surface area contributed by atoms with Gasteiger partial charge in [-0.1, -0.05) is 0 Å². The number of nitrogens with one attached hydrogen (secondary N) is 1. The highest BCUT2D eigenvalue weighted by molar-refractivity contribution is 5.44. The number of nitrogens with zero attached hydrogens (tertiary/aromatic N) is 1. The molecule has 6 heteroatoms. The zero-order valence-electron chi connectivity index (χ0n) is 9.93. The lowest BCUT2D eigenvalue weighted by molar-refractivity contribution is -0.141. The molecule has 3 nitrogen and oxygen atoms in total. The van der Waals surface area contributed by atoms with Crippen LogP contribution in [-0.4, -0.2) is 24.2 Å². The topological polar surface area (TPSA) is 34.1 Å². The molecule has 0 aliphatic rings. The van der Waals surface area contributed by atoms with Gasteiger partial charge in [0, 0.05) is 25.5 Å². The van der Waals surface area contributed by atoms with E-state index in [2.05, 4.69) is 10.3 Å².